The Hall–Kier alpha value is -1.40. The van der Waals surface area contributed by atoms with E-state index in [0.717, 1.165) is 35.2 Å². The van der Waals surface area contributed by atoms with E-state index in [1.807, 2.05) is 25.1 Å². The molecule has 6 heteroatoms. The summed E-state index contributed by atoms with van der Waals surface area (Å²) in [4.78, 5) is 25.5. The van der Waals surface area contributed by atoms with Gasteiger partial charge in [0.1, 0.15) is 0 Å². The summed E-state index contributed by atoms with van der Waals surface area (Å²) in [6, 6.07) is 5.71. The Morgan fingerprint density at radius 3 is 2.83 bits per heavy atom. The highest BCUT2D eigenvalue weighted by molar-refractivity contribution is 9.10. The molecule has 0 spiro atoms. The lowest BCUT2D eigenvalue weighted by atomic mass is 10.2. The number of benzene rings is 1. The highest BCUT2D eigenvalue weighted by Gasteiger charge is 2.21. The van der Waals surface area contributed by atoms with Crippen molar-refractivity contribution in [3.63, 3.8) is 0 Å². The van der Waals surface area contributed by atoms with Gasteiger partial charge in [-0.2, -0.15) is 0 Å². The topological polar surface area (TPSA) is 58.6 Å². The lowest BCUT2D eigenvalue weighted by Gasteiger charge is -2.24. The first-order valence-electron chi connectivity index (χ1n) is 7.89. The number of amides is 2. The van der Waals surface area contributed by atoms with Crippen molar-refractivity contribution in [2.24, 2.45) is 0 Å². The molecule has 1 atom stereocenters. The van der Waals surface area contributed by atoms with Crippen LogP contribution >= 0.6 is 15.9 Å². The van der Waals surface area contributed by atoms with E-state index in [1.165, 1.54) is 6.92 Å². The molecule has 1 saturated heterocycles. The van der Waals surface area contributed by atoms with Crippen molar-refractivity contribution in [3.05, 3.63) is 28.2 Å². The Morgan fingerprint density at radius 2 is 2.22 bits per heavy atom. The second-order valence-corrected chi connectivity index (χ2v) is 6.77. The fraction of sp³-hybridized carbons (Fsp3) is 0.529. The molecule has 0 bridgehead atoms. The zero-order chi connectivity index (χ0) is 16.8. The quantitative estimate of drug-likeness (QED) is 0.821. The van der Waals surface area contributed by atoms with Crippen molar-refractivity contribution < 1.29 is 14.3 Å². The molecule has 0 aromatic heterocycles. The molecule has 23 heavy (non-hydrogen) atoms. The van der Waals surface area contributed by atoms with Crippen LogP contribution < -0.4 is 5.32 Å². The minimum atomic E-state index is -0.0889. The van der Waals surface area contributed by atoms with Gasteiger partial charge in [-0.1, -0.05) is 15.9 Å². The fourth-order valence-electron chi connectivity index (χ4n) is 2.63. The third-order valence-corrected chi connectivity index (χ3v) is 4.46. The average Bonchev–Trinajstić information content (AvgIpc) is 2.99. The maximum Gasteiger partial charge on any atom is 0.226 e. The fourth-order valence-corrected chi connectivity index (χ4v) is 3.10. The summed E-state index contributed by atoms with van der Waals surface area (Å²) in [6.07, 6.45) is 2.41. The molecule has 0 radical (unpaired) electrons. The van der Waals surface area contributed by atoms with E-state index in [4.69, 9.17) is 4.74 Å². The third-order valence-electron chi connectivity index (χ3n) is 3.96. The van der Waals surface area contributed by atoms with Gasteiger partial charge in [-0.05, 0) is 43.5 Å². The number of anilines is 1. The number of aryl methyl sites for hydroxylation is 1. The molecule has 1 unspecified atom stereocenters. The van der Waals surface area contributed by atoms with Gasteiger partial charge < -0.3 is 15.0 Å². The van der Waals surface area contributed by atoms with Crippen LogP contribution in [0, 0.1) is 6.92 Å². The number of ether oxygens (including phenoxy) is 1. The highest BCUT2D eigenvalue weighted by Crippen LogP contribution is 2.20. The Kier molecular flexibility index (Phi) is 6.59. The minimum Gasteiger partial charge on any atom is -0.376 e. The van der Waals surface area contributed by atoms with Crippen LogP contribution in [0.3, 0.4) is 0 Å². The maximum atomic E-state index is 12.1. The summed E-state index contributed by atoms with van der Waals surface area (Å²) >= 11 is 3.40. The number of carbonyl (C=O) groups is 2. The van der Waals surface area contributed by atoms with Crippen molar-refractivity contribution >= 4 is 33.4 Å². The number of carbonyl (C=O) groups excluding carboxylic acids is 2. The van der Waals surface area contributed by atoms with Gasteiger partial charge in [-0.25, -0.2) is 0 Å². The van der Waals surface area contributed by atoms with Gasteiger partial charge >= 0.3 is 0 Å². The van der Waals surface area contributed by atoms with Crippen LogP contribution in [0.5, 0.6) is 0 Å². The van der Waals surface area contributed by atoms with Gasteiger partial charge in [0.05, 0.1) is 6.10 Å². The van der Waals surface area contributed by atoms with Crippen LogP contribution in [0.1, 0.15) is 31.7 Å². The summed E-state index contributed by atoms with van der Waals surface area (Å²) in [5.41, 5.74) is 1.79. The molecule has 0 aliphatic carbocycles. The Bertz CT molecular complexity index is 571. The van der Waals surface area contributed by atoms with Gasteiger partial charge in [-0.3, -0.25) is 9.59 Å². The van der Waals surface area contributed by atoms with E-state index in [-0.39, 0.29) is 24.3 Å². The van der Waals surface area contributed by atoms with Gasteiger partial charge in [0.15, 0.2) is 0 Å². The summed E-state index contributed by atoms with van der Waals surface area (Å²) in [7, 11) is 0. The molecule has 1 aromatic carbocycles. The smallest absolute Gasteiger partial charge is 0.226 e. The number of halogens is 1. The summed E-state index contributed by atoms with van der Waals surface area (Å²) < 4.78 is 6.54. The number of hydrogen-bond donors (Lipinski definition) is 1. The van der Waals surface area contributed by atoms with E-state index in [0.29, 0.717) is 13.1 Å². The molecule has 2 amide bonds. The van der Waals surface area contributed by atoms with Crippen molar-refractivity contribution in [1.29, 1.82) is 0 Å². The van der Waals surface area contributed by atoms with Crippen LogP contribution in [0.25, 0.3) is 0 Å². The van der Waals surface area contributed by atoms with Gasteiger partial charge in [0, 0.05) is 43.2 Å². The van der Waals surface area contributed by atoms with Crippen molar-refractivity contribution in [3.8, 4) is 0 Å². The van der Waals surface area contributed by atoms with Gasteiger partial charge in [-0.15, -0.1) is 0 Å². The molecule has 1 aromatic rings. The summed E-state index contributed by atoms with van der Waals surface area (Å²) in [5.74, 6) is -0.109. The van der Waals surface area contributed by atoms with E-state index < -0.39 is 0 Å². The average molecular weight is 383 g/mol. The van der Waals surface area contributed by atoms with E-state index >= 15 is 0 Å². The molecule has 1 heterocycles. The minimum absolute atomic E-state index is 0.0203. The Morgan fingerprint density at radius 1 is 1.43 bits per heavy atom. The zero-order valence-electron chi connectivity index (χ0n) is 13.6. The zero-order valence-corrected chi connectivity index (χ0v) is 15.2. The van der Waals surface area contributed by atoms with E-state index in [1.54, 1.807) is 4.90 Å². The van der Waals surface area contributed by atoms with Gasteiger partial charge in [0.25, 0.3) is 0 Å². The highest BCUT2D eigenvalue weighted by atomic mass is 79.9. The largest absolute Gasteiger partial charge is 0.376 e. The lowest BCUT2D eigenvalue weighted by Crippen LogP contribution is -2.37. The van der Waals surface area contributed by atoms with Crippen LogP contribution in [0.15, 0.2) is 22.7 Å². The maximum absolute atomic E-state index is 12.1. The molecule has 1 aliphatic rings. The van der Waals surface area contributed by atoms with Crippen LogP contribution in [0.4, 0.5) is 5.69 Å². The Balaban J connectivity index is 1.84. The molecule has 5 nitrogen and oxygen atoms in total. The molecule has 1 aliphatic heterocycles. The van der Waals surface area contributed by atoms with Crippen molar-refractivity contribution in [1.82, 2.24) is 4.90 Å². The first kappa shape index (κ1) is 17.9. The lowest BCUT2D eigenvalue weighted by molar-refractivity contribution is -0.130. The molecule has 126 valence electrons. The predicted octanol–water partition coefficient (Wildman–Crippen LogP) is 3.11. The Labute approximate surface area is 145 Å². The second kappa shape index (κ2) is 8.45. The molecule has 2 rings (SSSR count). The standard InChI is InChI=1S/C17H23BrN2O3/c1-12-10-14(18)5-6-16(12)19-17(22)7-8-20(13(2)21)11-15-4-3-9-23-15/h5-6,10,15H,3-4,7-9,11H2,1-2H3,(H,19,22). The molecular weight excluding hydrogens is 360 g/mol. The van der Waals surface area contributed by atoms with Crippen molar-refractivity contribution in [2.75, 3.05) is 25.0 Å². The third kappa shape index (κ3) is 5.62. The first-order chi connectivity index (χ1) is 11.0. The van der Waals surface area contributed by atoms with Crippen LogP contribution in [-0.4, -0.2) is 42.5 Å². The molecular formula is C17H23BrN2O3. The number of hydrogen-bond acceptors (Lipinski definition) is 3. The number of nitrogens with one attached hydrogen (secondary N) is 1. The van der Waals surface area contributed by atoms with Crippen molar-refractivity contribution in [2.45, 2.75) is 39.2 Å². The van der Waals surface area contributed by atoms with E-state index in [9.17, 15) is 9.59 Å². The van der Waals surface area contributed by atoms with E-state index in [2.05, 4.69) is 21.2 Å². The number of nitrogens with zero attached hydrogens (tertiary/aromatic N) is 1. The second-order valence-electron chi connectivity index (χ2n) is 5.86. The van der Waals surface area contributed by atoms with Crippen LogP contribution in [0.2, 0.25) is 0 Å². The van der Waals surface area contributed by atoms with Gasteiger partial charge in [0.2, 0.25) is 11.8 Å². The predicted molar refractivity (Wildman–Crippen MR) is 93.4 cm³/mol. The first-order valence-corrected chi connectivity index (χ1v) is 8.68. The summed E-state index contributed by atoms with van der Waals surface area (Å²) in [5, 5.41) is 2.90. The molecule has 1 N–H and O–H groups in total. The number of rotatable bonds is 6. The summed E-state index contributed by atoms with van der Waals surface area (Å²) in [6.45, 7) is 5.22. The van der Waals surface area contributed by atoms with Crippen LogP contribution in [-0.2, 0) is 14.3 Å². The molecule has 0 saturated carbocycles. The molecule has 1 fully saturated rings. The normalized spacial score (nSPS) is 17.1. The SMILES string of the molecule is CC(=O)N(CCC(=O)Nc1ccc(Br)cc1C)CC1CCCO1. The monoisotopic (exact) mass is 382 g/mol.